The van der Waals surface area contributed by atoms with E-state index < -0.39 is 17.5 Å². The van der Waals surface area contributed by atoms with E-state index in [9.17, 15) is 13.6 Å². The molecule has 3 rings (SSSR count). The predicted octanol–water partition coefficient (Wildman–Crippen LogP) is 3.26. The lowest BCUT2D eigenvalue weighted by Crippen LogP contribution is -2.08. The molecular formula is C16H11F2N3O. The average molecular weight is 299 g/mol. The molecule has 0 atom stereocenters. The molecule has 0 saturated carbocycles. The van der Waals surface area contributed by atoms with Gasteiger partial charge < -0.3 is 9.72 Å². The number of rotatable bonds is 3. The zero-order valence-electron chi connectivity index (χ0n) is 11.3. The van der Waals surface area contributed by atoms with E-state index in [0.717, 1.165) is 23.5 Å². The van der Waals surface area contributed by atoms with Gasteiger partial charge in [0.1, 0.15) is 5.65 Å². The van der Waals surface area contributed by atoms with Crippen molar-refractivity contribution in [3.05, 3.63) is 72.2 Å². The summed E-state index contributed by atoms with van der Waals surface area (Å²) >= 11 is 0. The van der Waals surface area contributed by atoms with E-state index in [4.69, 9.17) is 0 Å². The van der Waals surface area contributed by atoms with E-state index in [-0.39, 0.29) is 5.69 Å². The smallest absolute Gasteiger partial charge is 0.248 e. The topological polar surface area (TPSA) is 46.4 Å². The lowest BCUT2D eigenvalue weighted by Gasteiger charge is -2.02. The Hall–Kier alpha value is -3.02. The average Bonchev–Trinajstić information content (AvgIpc) is 2.92. The molecule has 1 amide bonds. The number of halogens is 2. The molecule has 4 nitrogen and oxygen atoms in total. The number of amides is 1. The fraction of sp³-hybridized carbons (Fsp3) is 0. The molecule has 0 radical (unpaired) electrons. The van der Waals surface area contributed by atoms with Crippen LogP contribution >= 0.6 is 0 Å². The number of carbonyl (C=O) groups is 1. The third-order valence-electron chi connectivity index (χ3n) is 3.04. The quantitative estimate of drug-likeness (QED) is 0.755. The minimum atomic E-state index is -1.01. The largest absolute Gasteiger partial charge is 0.322 e. The van der Waals surface area contributed by atoms with Gasteiger partial charge in [-0.05, 0) is 30.3 Å². The van der Waals surface area contributed by atoms with Crippen molar-refractivity contribution in [3.8, 4) is 0 Å². The number of benzene rings is 1. The first-order valence-corrected chi connectivity index (χ1v) is 6.50. The number of nitrogens with zero attached hydrogens (tertiary/aromatic N) is 2. The molecule has 0 aliphatic carbocycles. The van der Waals surface area contributed by atoms with Gasteiger partial charge in [-0.3, -0.25) is 4.79 Å². The van der Waals surface area contributed by atoms with Gasteiger partial charge in [-0.2, -0.15) is 0 Å². The second-order valence-electron chi connectivity index (χ2n) is 4.56. The summed E-state index contributed by atoms with van der Waals surface area (Å²) in [5, 5.41) is 2.46. The summed E-state index contributed by atoms with van der Waals surface area (Å²) in [6.07, 6.45) is 6.36. The van der Waals surface area contributed by atoms with Gasteiger partial charge in [0.15, 0.2) is 11.6 Å². The van der Waals surface area contributed by atoms with Gasteiger partial charge in [0.05, 0.1) is 11.9 Å². The number of aromatic nitrogens is 2. The number of carbonyl (C=O) groups excluding carboxylic acids is 1. The molecule has 3 aromatic rings. The van der Waals surface area contributed by atoms with Gasteiger partial charge >= 0.3 is 0 Å². The Morgan fingerprint density at radius 3 is 2.86 bits per heavy atom. The molecule has 2 heterocycles. The lowest BCUT2D eigenvalue weighted by atomic mass is 10.3. The Kier molecular flexibility index (Phi) is 3.65. The molecule has 0 spiro atoms. The lowest BCUT2D eigenvalue weighted by molar-refractivity contribution is -0.111. The van der Waals surface area contributed by atoms with Gasteiger partial charge in [0.25, 0.3) is 0 Å². The number of nitrogens with one attached hydrogen (secondary N) is 1. The summed E-state index contributed by atoms with van der Waals surface area (Å²) in [7, 11) is 0. The molecule has 0 aliphatic heterocycles. The highest BCUT2D eigenvalue weighted by Crippen LogP contribution is 2.13. The SMILES string of the molecule is O=C(/C=C/c1cnc2ccccn12)Nc1ccc(F)c(F)c1. The third-order valence-corrected chi connectivity index (χ3v) is 3.04. The third kappa shape index (κ3) is 2.85. The fourth-order valence-electron chi connectivity index (χ4n) is 1.99. The molecule has 110 valence electrons. The Morgan fingerprint density at radius 1 is 1.18 bits per heavy atom. The molecule has 22 heavy (non-hydrogen) atoms. The van der Waals surface area contributed by atoms with E-state index >= 15 is 0 Å². The zero-order chi connectivity index (χ0) is 15.5. The first-order chi connectivity index (χ1) is 10.6. The fourth-order valence-corrected chi connectivity index (χ4v) is 1.99. The molecule has 0 bridgehead atoms. The van der Waals surface area contributed by atoms with Gasteiger partial charge in [0, 0.05) is 24.0 Å². The van der Waals surface area contributed by atoms with Crippen LogP contribution in [0.1, 0.15) is 5.69 Å². The molecule has 1 N–H and O–H groups in total. The molecule has 0 saturated heterocycles. The summed E-state index contributed by atoms with van der Waals surface area (Å²) in [5.74, 6) is -2.42. The number of fused-ring (bicyclic) bond motifs is 1. The Morgan fingerprint density at radius 2 is 2.05 bits per heavy atom. The first-order valence-electron chi connectivity index (χ1n) is 6.50. The van der Waals surface area contributed by atoms with E-state index in [1.807, 2.05) is 28.8 Å². The van der Waals surface area contributed by atoms with Crippen molar-refractivity contribution in [1.82, 2.24) is 9.38 Å². The molecule has 0 aliphatic rings. The first kappa shape index (κ1) is 13.9. The van der Waals surface area contributed by atoms with Crippen LogP contribution in [0.3, 0.4) is 0 Å². The highest BCUT2D eigenvalue weighted by atomic mass is 19.2. The Labute approximate surface area is 124 Å². The summed E-state index contributed by atoms with van der Waals surface area (Å²) in [4.78, 5) is 16.0. The number of imidazole rings is 1. The second-order valence-corrected chi connectivity index (χ2v) is 4.56. The van der Waals surface area contributed by atoms with Gasteiger partial charge in [-0.25, -0.2) is 13.8 Å². The van der Waals surface area contributed by atoms with Crippen LogP contribution in [0, 0.1) is 11.6 Å². The van der Waals surface area contributed by atoms with Gasteiger partial charge in [0.2, 0.25) is 5.91 Å². The highest BCUT2D eigenvalue weighted by molar-refractivity contribution is 6.01. The molecule has 2 aromatic heterocycles. The van der Waals surface area contributed by atoms with Gasteiger partial charge in [-0.1, -0.05) is 6.07 Å². The van der Waals surface area contributed by atoms with E-state index in [2.05, 4.69) is 10.3 Å². The van der Waals surface area contributed by atoms with Crippen LogP contribution in [0.2, 0.25) is 0 Å². The number of hydrogen-bond donors (Lipinski definition) is 1. The number of anilines is 1. The van der Waals surface area contributed by atoms with Crippen LogP contribution in [-0.4, -0.2) is 15.3 Å². The molecule has 6 heteroatoms. The molecule has 0 fully saturated rings. The van der Waals surface area contributed by atoms with Gasteiger partial charge in [-0.15, -0.1) is 0 Å². The van der Waals surface area contributed by atoms with E-state index in [0.29, 0.717) is 0 Å². The Bertz CT molecular complexity index is 871. The Balaban J connectivity index is 1.74. The van der Waals surface area contributed by atoms with Crippen LogP contribution in [0.25, 0.3) is 11.7 Å². The van der Waals surface area contributed by atoms with Crippen molar-refractivity contribution in [2.24, 2.45) is 0 Å². The summed E-state index contributed by atoms with van der Waals surface area (Å²) in [6.45, 7) is 0. The van der Waals surface area contributed by atoms with Crippen molar-refractivity contribution in [1.29, 1.82) is 0 Å². The van der Waals surface area contributed by atoms with Crippen molar-refractivity contribution >= 4 is 23.3 Å². The maximum Gasteiger partial charge on any atom is 0.248 e. The number of hydrogen-bond acceptors (Lipinski definition) is 2. The van der Waals surface area contributed by atoms with Crippen molar-refractivity contribution in [3.63, 3.8) is 0 Å². The normalized spacial score (nSPS) is 11.2. The predicted molar refractivity (Wildman–Crippen MR) is 79.2 cm³/mol. The standard InChI is InChI=1S/C16H11F2N3O/c17-13-6-4-11(9-14(13)18)20-16(22)7-5-12-10-19-15-3-1-2-8-21(12)15/h1-10H,(H,20,22)/b7-5+. The highest BCUT2D eigenvalue weighted by Gasteiger charge is 2.04. The van der Waals surface area contributed by atoms with Crippen molar-refractivity contribution in [2.45, 2.75) is 0 Å². The maximum absolute atomic E-state index is 13.1. The molecular weight excluding hydrogens is 288 g/mol. The van der Waals surface area contributed by atoms with Crippen molar-refractivity contribution < 1.29 is 13.6 Å². The minimum absolute atomic E-state index is 0.187. The molecule has 1 aromatic carbocycles. The van der Waals surface area contributed by atoms with Crippen LogP contribution in [0.5, 0.6) is 0 Å². The van der Waals surface area contributed by atoms with Crippen LogP contribution in [0.4, 0.5) is 14.5 Å². The van der Waals surface area contributed by atoms with Crippen LogP contribution in [-0.2, 0) is 4.79 Å². The van der Waals surface area contributed by atoms with E-state index in [1.54, 1.807) is 12.3 Å². The summed E-state index contributed by atoms with van der Waals surface area (Å²) < 4.78 is 27.7. The van der Waals surface area contributed by atoms with Crippen LogP contribution in [0.15, 0.2) is 54.9 Å². The monoisotopic (exact) mass is 299 g/mol. The minimum Gasteiger partial charge on any atom is -0.322 e. The van der Waals surface area contributed by atoms with Crippen LogP contribution < -0.4 is 5.32 Å². The zero-order valence-corrected chi connectivity index (χ0v) is 11.3. The van der Waals surface area contributed by atoms with E-state index in [1.165, 1.54) is 12.1 Å². The maximum atomic E-state index is 13.1. The molecule has 0 unspecified atom stereocenters. The summed E-state index contributed by atoms with van der Waals surface area (Å²) in [5.41, 5.74) is 1.69. The number of pyridine rings is 1. The summed E-state index contributed by atoms with van der Waals surface area (Å²) in [6, 6.07) is 8.74. The second kappa shape index (κ2) is 5.77. The van der Waals surface area contributed by atoms with Crippen molar-refractivity contribution in [2.75, 3.05) is 5.32 Å².